The first kappa shape index (κ1) is 17.0. The van der Waals surface area contributed by atoms with E-state index in [1.807, 2.05) is 6.20 Å². The molecular formula is C18H26N4O2S. The van der Waals surface area contributed by atoms with E-state index in [9.17, 15) is 8.42 Å². The van der Waals surface area contributed by atoms with Crippen LogP contribution in [0.2, 0.25) is 0 Å². The van der Waals surface area contributed by atoms with Gasteiger partial charge in [-0.05, 0) is 31.2 Å². The third-order valence-electron chi connectivity index (χ3n) is 5.49. The summed E-state index contributed by atoms with van der Waals surface area (Å²) >= 11 is 0. The molecule has 2 aromatic rings. The summed E-state index contributed by atoms with van der Waals surface area (Å²) in [6, 6.07) is 2.25. The van der Waals surface area contributed by atoms with Crippen LogP contribution in [-0.4, -0.2) is 72.5 Å². The van der Waals surface area contributed by atoms with E-state index in [4.69, 9.17) is 4.98 Å². The standard InChI is InChI=1S/C18H26N4O2S/c1-14-11-15-16-13-20(2)4-3-17(16)22(18(15)19-12-14)6-5-21-7-9-25(23,24)10-8-21/h11-12H,3-10,13H2,1-2H3. The Morgan fingerprint density at radius 3 is 2.68 bits per heavy atom. The Kier molecular flexibility index (Phi) is 4.33. The largest absolute Gasteiger partial charge is 0.328 e. The van der Waals surface area contributed by atoms with Crippen LogP contribution in [0, 0.1) is 6.92 Å². The first-order valence-electron chi connectivity index (χ1n) is 9.01. The Labute approximate surface area is 149 Å². The Morgan fingerprint density at radius 1 is 1.16 bits per heavy atom. The van der Waals surface area contributed by atoms with Crippen molar-refractivity contribution in [2.75, 3.05) is 44.7 Å². The van der Waals surface area contributed by atoms with Gasteiger partial charge in [-0.1, -0.05) is 0 Å². The summed E-state index contributed by atoms with van der Waals surface area (Å²) in [5.74, 6) is 0.583. The van der Waals surface area contributed by atoms with Crippen LogP contribution < -0.4 is 0 Å². The van der Waals surface area contributed by atoms with Gasteiger partial charge in [0, 0.05) is 63.0 Å². The predicted molar refractivity (Wildman–Crippen MR) is 99.6 cm³/mol. The quantitative estimate of drug-likeness (QED) is 0.817. The molecular weight excluding hydrogens is 336 g/mol. The Balaban J connectivity index is 1.61. The van der Waals surface area contributed by atoms with Crippen molar-refractivity contribution in [1.29, 1.82) is 0 Å². The molecule has 0 unspecified atom stereocenters. The van der Waals surface area contributed by atoms with Gasteiger partial charge in [-0.25, -0.2) is 13.4 Å². The molecule has 1 saturated heterocycles. The minimum atomic E-state index is -2.81. The minimum absolute atomic E-state index is 0.291. The van der Waals surface area contributed by atoms with Crippen molar-refractivity contribution in [2.45, 2.75) is 26.4 Å². The maximum atomic E-state index is 11.6. The molecule has 0 amide bonds. The lowest BCUT2D eigenvalue weighted by atomic mass is 10.1. The van der Waals surface area contributed by atoms with E-state index in [0.29, 0.717) is 24.6 Å². The van der Waals surface area contributed by atoms with Crippen molar-refractivity contribution in [2.24, 2.45) is 0 Å². The number of hydrogen-bond donors (Lipinski definition) is 0. The van der Waals surface area contributed by atoms with E-state index < -0.39 is 9.84 Å². The first-order chi connectivity index (χ1) is 11.9. The zero-order valence-electron chi connectivity index (χ0n) is 15.0. The van der Waals surface area contributed by atoms with Gasteiger partial charge < -0.3 is 9.47 Å². The maximum Gasteiger partial charge on any atom is 0.152 e. The molecule has 0 saturated carbocycles. The molecule has 25 heavy (non-hydrogen) atoms. The van der Waals surface area contributed by atoms with Crippen molar-refractivity contribution in [3.63, 3.8) is 0 Å². The lowest BCUT2D eigenvalue weighted by Gasteiger charge is -2.28. The second-order valence-corrected chi connectivity index (χ2v) is 9.75. The third kappa shape index (κ3) is 3.32. The Bertz CT molecular complexity index is 889. The molecule has 4 heterocycles. The van der Waals surface area contributed by atoms with Crippen LogP contribution in [0.4, 0.5) is 0 Å². The Morgan fingerprint density at radius 2 is 1.92 bits per heavy atom. The molecule has 2 aliphatic rings. The molecule has 0 spiro atoms. The van der Waals surface area contributed by atoms with Gasteiger partial charge in [-0.2, -0.15) is 0 Å². The highest BCUT2D eigenvalue weighted by atomic mass is 32.2. The van der Waals surface area contributed by atoms with Gasteiger partial charge in [0.2, 0.25) is 0 Å². The zero-order valence-corrected chi connectivity index (χ0v) is 15.8. The summed E-state index contributed by atoms with van der Waals surface area (Å²) in [6.45, 7) is 7.22. The molecule has 136 valence electrons. The molecule has 0 aromatic carbocycles. The molecule has 0 radical (unpaired) electrons. The van der Waals surface area contributed by atoms with Crippen LogP contribution >= 0.6 is 0 Å². The van der Waals surface area contributed by atoms with E-state index in [1.165, 1.54) is 22.2 Å². The van der Waals surface area contributed by atoms with Crippen LogP contribution in [-0.2, 0) is 29.3 Å². The Hall–Kier alpha value is -1.44. The van der Waals surface area contributed by atoms with Gasteiger partial charge in [0.1, 0.15) is 5.65 Å². The second-order valence-electron chi connectivity index (χ2n) is 7.44. The molecule has 0 N–H and O–H groups in total. The number of sulfone groups is 1. The first-order valence-corrected chi connectivity index (χ1v) is 10.8. The monoisotopic (exact) mass is 362 g/mol. The topological polar surface area (TPSA) is 58.4 Å². The molecule has 6 nitrogen and oxygen atoms in total. The normalized spacial score (nSPS) is 21.5. The van der Waals surface area contributed by atoms with Gasteiger partial charge in [-0.3, -0.25) is 4.90 Å². The summed E-state index contributed by atoms with van der Waals surface area (Å²) < 4.78 is 25.6. The summed E-state index contributed by atoms with van der Waals surface area (Å²) in [5.41, 5.74) is 5.11. The number of fused-ring (bicyclic) bond motifs is 3. The summed E-state index contributed by atoms with van der Waals surface area (Å²) in [7, 11) is -0.644. The highest BCUT2D eigenvalue weighted by Crippen LogP contribution is 2.30. The summed E-state index contributed by atoms with van der Waals surface area (Å²) in [6.07, 6.45) is 3.00. The number of aromatic nitrogens is 2. The molecule has 2 aromatic heterocycles. The van der Waals surface area contributed by atoms with Crippen molar-refractivity contribution < 1.29 is 8.42 Å². The third-order valence-corrected chi connectivity index (χ3v) is 7.10. The lowest BCUT2D eigenvalue weighted by molar-refractivity contribution is 0.278. The fraction of sp³-hybridized carbons (Fsp3) is 0.611. The van der Waals surface area contributed by atoms with E-state index in [-0.39, 0.29) is 0 Å². The van der Waals surface area contributed by atoms with Gasteiger partial charge in [-0.15, -0.1) is 0 Å². The molecule has 7 heteroatoms. The van der Waals surface area contributed by atoms with Crippen LogP contribution in [0.3, 0.4) is 0 Å². The zero-order chi connectivity index (χ0) is 17.6. The maximum absolute atomic E-state index is 11.6. The van der Waals surface area contributed by atoms with Crippen LogP contribution in [0.15, 0.2) is 12.3 Å². The van der Waals surface area contributed by atoms with Gasteiger partial charge in [0.15, 0.2) is 9.84 Å². The highest BCUT2D eigenvalue weighted by Gasteiger charge is 2.25. The van der Waals surface area contributed by atoms with Crippen molar-refractivity contribution in [3.05, 3.63) is 29.1 Å². The minimum Gasteiger partial charge on any atom is -0.328 e. The smallest absolute Gasteiger partial charge is 0.152 e. The number of rotatable bonds is 3. The van der Waals surface area contributed by atoms with Gasteiger partial charge in [0.25, 0.3) is 0 Å². The van der Waals surface area contributed by atoms with E-state index in [0.717, 1.165) is 38.2 Å². The van der Waals surface area contributed by atoms with Crippen LogP contribution in [0.5, 0.6) is 0 Å². The number of likely N-dealkylation sites (N-methyl/N-ethyl adjacent to an activating group) is 1. The highest BCUT2D eigenvalue weighted by molar-refractivity contribution is 7.91. The lowest BCUT2D eigenvalue weighted by Crippen LogP contribution is -2.41. The SMILES string of the molecule is Cc1cnc2c(c1)c1c(n2CCN2CCS(=O)(=O)CC2)CCN(C)C1. The molecule has 0 bridgehead atoms. The molecule has 0 aliphatic carbocycles. The van der Waals surface area contributed by atoms with Crippen molar-refractivity contribution >= 4 is 20.9 Å². The fourth-order valence-electron chi connectivity index (χ4n) is 4.01. The molecule has 4 rings (SSSR count). The second kappa shape index (κ2) is 6.37. The fourth-order valence-corrected chi connectivity index (χ4v) is 5.29. The molecule has 0 atom stereocenters. The van der Waals surface area contributed by atoms with Crippen LogP contribution in [0.1, 0.15) is 16.8 Å². The average Bonchev–Trinajstić information content (AvgIpc) is 2.86. The molecule has 1 fully saturated rings. The van der Waals surface area contributed by atoms with E-state index in [1.54, 1.807) is 0 Å². The van der Waals surface area contributed by atoms with E-state index in [2.05, 4.69) is 34.4 Å². The predicted octanol–water partition coefficient (Wildman–Crippen LogP) is 1.06. The number of hydrogen-bond acceptors (Lipinski definition) is 5. The number of pyridine rings is 1. The number of nitrogens with zero attached hydrogens (tertiary/aromatic N) is 4. The average molecular weight is 362 g/mol. The number of aryl methyl sites for hydroxylation is 1. The van der Waals surface area contributed by atoms with Gasteiger partial charge in [0.05, 0.1) is 11.5 Å². The van der Waals surface area contributed by atoms with E-state index >= 15 is 0 Å². The van der Waals surface area contributed by atoms with Crippen molar-refractivity contribution in [3.8, 4) is 0 Å². The van der Waals surface area contributed by atoms with Crippen molar-refractivity contribution in [1.82, 2.24) is 19.4 Å². The van der Waals surface area contributed by atoms with Gasteiger partial charge >= 0.3 is 0 Å². The van der Waals surface area contributed by atoms with Crippen LogP contribution in [0.25, 0.3) is 11.0 Å². The molecule has 2 aliphatic heterocycles. The summed E-state index contributed by atoms with van der Waals surface area (Å²) in [5, 5.41) is 1.28. The summed E-state index contributed by atoms with van der Waals surface area (Å²) in [4.78, 5) is 9.36.